The highest BCUT2D eigenvalue weighted by atomic mass is 32.2. The summed E-state index contributed by atoms with van der Waals surface area (Å²) in [7, 11) is 0. The van der Waals surface area contributed by atoms with Gasteiger partial charge in [0.05, 0.1) is 6.61 Å². The van der Waals surface area contributed by atoms with Gasteiger partial charge < -0.3 is 5.32 Å². The Kier molecular flexibility index (Phi) is 6.18. The fraction of sp³-hybridized carbons (Fsp3) is 1.00. The lowest BCUT2D eigenvalue weighted by Gasteiger charge is -1.97. The third kappa shape index (κ3) is 8.03. The van der Waals surface area contributed by atoms with Crippen LogP contribution in [0.25, 0.3) is 0 Å². The largest absolute Gasteiger partial charge is 0.315 e. The maximum Gasteiger partial charge on any atom is 0.301 e. The van der Waals surface area contributed by atoms with Gasteiger partial charge >= 0.3 is 11.4 Å². The van der Waals surface area contributed by atoms with E-state index in [1.54, 1.807) is 0 Å². The van der Waals surface area contributed by atoms with Crippen molar-refractivity contribution in [1.29, 1.82) is 0 Å². The lowest BCUT2D eigenvalue weighted by molar-refractivity contribution is 0.305. The zero-order valence-electron chi connectivity index (χ0n) is 5.29. The van der Waals surface area contributed by atoms with E-state index in [2.05, 4.69) is 9.50 Å². The van der Waals surface area contributed by atoms with Crippen LogP contribution in [0.5, 0.6) is 0 Å². The summed E-state index contributed by atoms with van der Waals surface area (Å²) in [4.78, 5) is 0. The average Bonchev–Trinajstić information content (AvgIpc) is 1.80. The second-order valence-corrected chi connectivity index (χ2v) is 2.06. The van der Waals surface area contributed by atoms with Crippen LogP contribution in [-0.2, 0) is 15.5 Å². The molecule has 0 aliphatic heterocycles. The lowest BCUT2D eigenvalue weighted by Crippen LogP contribution is -2.19. The van der Waals surface area contributed by atoms with Crippen molar-refractivity contribution in [3.63, 3.8) is 0 Å². The van der Waals surface area contributed by atoms with Crippen molar-refractivity contribution in [2.45, 2.75) is 6.92 Å². The van der Waals surface area contributed by atoms with Gasteiger partial charge in [-0.3, -0.25) is 8.74 Å². The van der Waals surface area contributed by atoms with Crippen molar-refractivity contribution < 1.29 is 12.9 Å². The van der Waals surface area contributed by atoms with Gasteiger partial charge in [0.15, 0.2) is 0 Å². The Morgan fingerprint density at radius 2 is 2.44 bits per heavy atom. The predicted octanol–water partition coefficient (Wildman–Crippen LogP) is -0.251. The summed E-state index contributed by atoms with van der Waals surface area (Å²) in [6.07, 6.45) is 0. The second kappa shape index (κ2) is 6.15. The number of rotatable bonds is 5. The summed E-state index contributed by atoms with van der Waals surface area (Å²) >= 11 is -2.11. The molecule has 0 rings (SSSR count). The van der Waals surface area contributed by atoms with Crippen molar-refractivity contribution in [2.24, 2.45) is 0 Å². The minimum atomic E-state index is -2.11. The molecule has 0 aromatic heterocycles. The fourth-order valence-corrected chi connectivity index (χ4v) is 0.588. The van der Waals surface area contributed by atoms with E-state index in [0.717, 1.165) is 6.54 Å². The lowest BCUT2D eigenvalue weighted by atomic mass is 10.6. The van der Waals surface area contributed by atoms with Crippen LogP contribution in [0, 0.1) is 0 Å². The van der Waals surface area contributed by atoms with Gasteiger partial charge in [-0.15, -0.1) is 0 Å². The molecule has 0 aliphatic carbocycles. The van der Waals surface area contributed by atoms with Gasteiger partial charge in [0.1, 0.15) is 0 Å². The standard InChI is InChI=1S/C4H11NO3S/c1-2-5-3-4-8-9(6)7/h5H,2-4H2,1H3,(H,6,7). The Morgan fingerprint density at radius 1 is 1.78 bits per heavy atom. The van der Waals surface area contributed by atoms with Crippen LogP contribution in [0.1, 0.15) is 6.92 Å². The molecule has 0 radical (unpaired) electrons. The van der Waals surface area contributed by atoms with E-state index in [1.165, 1.54) is 0 Å². The molecule has 0 aliphatic rings. The van der Waals surface area contributed by atoms with Gasteiger partial charge in [0.2, 0.25) is 0 Å². The number of likely N-dealkylation sites (N-methyl/N-ethyl adjacent to an activating group) is 1. The maximum atomic E-state index is 9.82. The Bertz CT molecular complexity index is 87.9. The Labute approximate surface area is 57.1 Å². The zero-order valence-corrected chi connectivity index (χ0v) is 6.11. The fourth-order valence-electron chi connectivity index (χ4n) is 0.362. The molecule has 0 heterocycles. The van der Waals surface area contributed by atoms with Crippen molar-refractivity contribution in [2.75, 3.05) is 19.7 Å². The van der Waals surface area contributed by atoms with Crippen molar-refractivity contribution in [1.82, 2.24) is 5.32 Å². The van der Waals surface area contributed by atoms with Crippen LogP contribution in [0.3, 0.4) is 0 Å². The van der Waals surface area contributed by atoms with E-state index in [9.17, 15) is 4.21 Å². The van der Waals surface area contributed by atoms with Crippen LogP contribution in [0.4, 0.5) is 0 Å². The smallest absolute Gasteiger partial charge is 0.301 e. The normalized spacial score (nSPS) is 13.6. The van der Waals surface area contributed by atoms with Gasteiger partial charge in [-0.05, 0) is 6.54 Å². The molecule has 0 aromatic carbocycles. The number of nitrogens with one attached hydrogen (secondary N) is 1. The first kappa shape index (κ1) is 9.03. The summed E-state index contributed by atoms with van der Waals surface area (Å²) in [5.41, 5.74) is 0. The molecule has 1 atom stereocenters. The van der Waals surface area contributed by atoms with E-state index >= 15 is 0 Å². The van der Waals surface area contributed by atoms with E-state index in [1.807, 2.05) is 6.92 Å². The Morgan fingerprint density at radius 3 is 2.89 bits per heavy atom. The molecule has 1 unspecified atom stereocenters. The molecular weight excluding hydrogens is 142 g/mol. The Balaban J connectivity index is 2.83. The minimum absolute atomic E-state index is 0.275. The van der Waals surface area contributed by atoms with Crippen molar-refractivity contribution in [3.8, 4) is 0 Å². The summed E-state index contributed by atoms with van der Waals surface area (Å²) in [6.45, 7) is 3.69. The summed E-state index contributed by atoms with van der Waals surface area (Å²) in [5.74, 6) is 0. The van der Waals surface area contributed by atoms with E-state index in [0.29, 0.717) is 6.54 Å². The van der Waals surface area contributed by atoms with Crippen molar-refractivity contribution >= 4 is 11.4 Å². The monoisotopic (exact) mass is 153 g/mol. The van der Waals surface area contributed by atoms with Gasteiger partial charge in [0.25, 0.3) is 0 Å². The SMILES string of the molecule is CCNCCOS(=O)O. The van der Waals surface area contributed by atoms with Gasteiger partial charge in [-0.2, -0.15) is 4.21 Å². The van der Waals surface area contributed by atoms with Gasteiger partial charge in [-0.1, -0.05) is 6.92 Å². The molecule has 0 saturated heterocycles. The topological polar surface area (TPSA) is 58.6 Å². The highest BCUT2D eigenvalue weighted by Gasteiger charge is 1.89. The molecule has 0 fully saturated rings. The molecule has 0 spiro atoms. The van der Waals surface area contributed by atoms with Crippen LogP contribution in [-0.4, -0.2) is 28.5 Å². The summed E-state index contributed by atoms with van der Waals surface area (Å²) < 4.78 is 22.2. The molecule has 56 valence electrons. The highest BCUT2D eigenvalue weighted by Crippen LogP contribution is 1.75. The third-order valence-corrected chi connectivity index (χ3v) is 1.08. The first-order valence-corrected chi connectivity index (χ1v) is 3.75. The average molecular weight is 153 g/mol. The molecule has 4 nitrogen and oxygen atoms in total. The van der Waals surface area contributed by atoms with Crippen LogP contribution >= 0.6 is 0 Å². The maximum absolute atomic E-state index is 9.82. The third-order valence-electron chi connectivity index (χ3n) is 0.713. The minimum Gasteiger partial charge on any atom is -0.315 e. The molecule has 9 heavy (non-hydrogen) atoms. The quantitative estimate of drug-likeness (QED) is 0.422. The van der Waals surface area contributed by atoms with Gasteiger partial charge in [0, 0.05) is 6.54 Å². The molecule has 2 N–H and O–H groups in total. The molecule has 5 heteroatoms. The highest BCUT2D eigenvalue weighted by molar-refractivity contribution is 7.74. The molecule has 0 amide bonds. The number of hydrogen-bond donors (Lipinski definition) is 2. The Hall–Kier alpha value is 0.0300. The van der Waals surface area contributed by atoms with E-state index in [4.69, 9.17) is 4.55 Å². The van der Waals surface area contributed by atoms with Crippen LogP contribution in [0.2, 0.25) is 0 Å². The van der Waals surface area contributed by atoms with E-state index in [-0.39, 0.29) is 6.61 Å². The zero-order chi connectivity index (χ0) is 7.11. The van der Waals surface area contributed by atoms with Gasteiger partial charge in [-0.25, -0.2) is 0 Å². The van der Waals surface area contributed by atoms with E-state index < -0.39 is 11.4 Å². The number of hydrogen-bond acceptors (Lipinski definition) is 3. The molecule has 0 bridgehead atoms. The molecular formula is C4H11NO3S. The summed E-state index contributed by atoms with van der Waals surface area (Å²) in [6, 6.07) is 0. The van der Waals surface area contributed by atoms with Crippen molar-refractivity contribution in [3.05, 3.63) is 0 Å². The molecule has 0 saturated carbocycles. The second-order valence-electron chi connectivity index (χ2n) is 1.39. The summed E-state index contributed by atoms with van der Waals surface area (Å²) in [5, 5.41) is 2.93. The first-order chi connectivity index (χ1) is 4.27. The first-order valence-electron chi connectivity index (χ1n) is 2.72. The van der Waals surface area contributed by atoms with Crippen LogP contribution < -0.4 is 5.32 Å². The predicted molar refractivity (Wildman–Crippen MR) is 35.3 cm³/mol. The molecule has 0 aromatic rings. The van der Waals surface area contributed by atoms with Crippen LogP contribution in [0.15, 0.2) is 0 Å².